The van der Waals surface area contributed by atoms with Gasteiger partial charge in [-0.2, -0.15) is 26.3 Å². The number of pyridine rings is 4. The van der Waals surface area contributed by atoms with E-state index >= 15 is 0 Å². The van der Waals surface area contributed by atoms with Crippen LogP contribution >= 0.6 is 0 Å². The number of ether oxygens (including phenoxy) is 3. The zero-order valence-electron chi connectivity index (χ0n) is 46.2. The molecule has 426 valence electrons. The van der Waals surface area contributed by atoms with Crippen LogP contribution in [0.25, 0.3) is 22.5 Å². The summed E-state index contributed by atoms with van der Waals surface area (Å²) >= 11 is 0. The second-order valence-corrected chi connectivity index (χ2v) is 17.3. The van der Waals surface area contributed by atoms with E-state index in [2.05, 4.69) is 54.2 Å². The van der Waals surface area contributed by atoms with Crippen LogP contribution in [0.15, 0.2) is 109 Å². The molecular weight excluding hydrogens is 1030 g/mol. The molecule has 8 heterocycles. The van der Waals surface area contributed by atoms with Crippen molar-refractivity contribution in [2.24, 2.45) is 0 Å². The number of carbonyl (C=O) groups is 2. The minimum absolute atomic E-state index is 0.237. The summed E-state index contributed by atoms with van der Waals surface area (Å²) in [6.45, 7) is 23.0. The van der Waals surface area contributed by atoms with Gasteiger partial charge in [0.25, 0.3) is 0 Å². The molecule has 0 spiro atoms. The molecule has 2 N–H and O–H groups in total. The number of anilines is 5. The highest BCUT2D eigenvalue weighted by Crippen LogP contribution is 2.38. The molecular formula is C58H72F6N10O5. The maximum atomic E-state index is 13.2. The van der Waals surface area contributed by atoms with Crippen LogP contribution in [0.5, 0.6) is 11.5 Å². The summed E-state index contributed by atoms with van der Waals surface area (Å²) in [4.78, 5) is 51.3. The van der Waals surface area contributed by atoms with Crippen molar-refractivity contribution in [3.8, 4) is 34.0 Å². The van der Waals surface area contributed by atoms with Crippen LogP contribution in [-0.2, 0) is 23.6 Å². The highest BCUT2D eigenvalue weighted by atomic mass is 19.4. The third kappa shape index (κ3) is 17.5. The number of alkyl halides is 6. The number of hydrogen-bond donors (Lipinski definition) is 2. The first-order valence-electron chi connectivity index (χ1n) is 26.9. The van der Waals surface area contributed by atoms with Crippen molar-refractivity contribution in [1.29, 1.82) is 0 Å². The Morgan fingerprint density at radius 2 is 1.06 bits per heavy atom. The Morgan fingerprint density at radius 3 is 1.53 bits per heavy atom. The normalized spacial score (nSPS) is 14.6. The lowest BCUT2D eigenvalue weighted by Gasteiger charge is -2.29. The summed E-state index contributed by atoms with van der Waals surface area (Å²) in [5, 5.41) is 5.70. The van der Waals surface area contributed by atoms with Crippen LogP contribution in [0.1, 0.15) is 91.5 Å². The first-order chi connectivity index (χ1) is 38.2. The quantitative estimate of drug-likeness (QED) is 0.147. The Balaban J connectivity index is 0.000000255. The number of amides is 4. The topological polar surface area (TPSA) is 150 Å². The Morgan fingerprint density at radius 1 is 0.570 bits per heavy atom. The molecule has 0 unspecified atom stereocenters. The predicted octanol–water partition coefficient (Wildman–Crippen LogP) is 14.1. The smallest absolute Gasteiger partial charge is 0.416 e. The SMILES string of the molecule is CC.CC.CC.CCC.O=C(Nc1ccc(CN2CCOCC2)nc1)N1CCOc2ccc(-c3cccc(C(F)(F)F)c3)nc21.O=C(Nc1ccnc(N2CCCC2)c1)N1CCOc2ccc(-c3cccc(C(F)(F)F)c3)nc21. The Labute approximate surface area is 459 Å². The monoisotopic (exact) mass is 1100 g/mol. The van der Waals surface area contributed by atoms with Crippen LogP contribution < -0.4 is 34.8 Å². The molecule has 2 aromatic carbocycles. The molecule has 2 saturated heterocycles. The van der Waals surface area contributed by atoms with Crippen molar-refractivity contribution < 1.29 is 50.1 Å². The van der Waals surface area contributed by atoms with E-state index in [0.29, 0.717) is 65.1 Å². The van der Waals surface area contributed by atoms with E-state index < -0.39 is 35.5 Å². The number of nitrogens with zero attached hydrogens (tertiary/aromatic N) is 8. The second kappa shape index (κ2) is 30.6. The summed E-state index contributed by atoms with van der Waals surface area (Å²) in [6.07, 6.45) is -2.20. The summed E-state index contributed by atoms with van der Waals surface area (Å²) < 4.78 is 95.5. The molecule has 0 bridgehead atoms. The summed E-state index contributed by atoms with van der Waals surface area (Å²) in [5.74, 6) is 2.08. The van der Waals surface area contributed by atoms with E-state index in [1.165, 1.54) is 28.4 Å². The van der Waals surface area contributed by atoms with Gasteiger partial charge in [-0.15, -0.1) is 0 Å². The lowest BCUT2D eigenvalue weighted by atomic mass is 10.1. The van der Waals surface area contributed by atoms with Crippen LogP contribution in [0, 0.1) is 0 Å². The van der Waals surface area contributed by atoms with Gasteiger partial charge in [-0.05, 0) is 79.6 Å². The molecule has 4 amide bonds. The van der Waals surface area contributed by atoms with Crippen LogP contribution in [0.2, 0.25) is 0 Å². The maximum absolute atomic E-state index is 13.2. The summed E-state index contributed by atoms with van der Waals surface area (Å²) in [5.41, 5.74) is 1.69. The Bertz CT molecular complexity index is 2840. The number of aromatic nitrogens is 4. The molecule has 0 radical (unpaired) electrons. The van der Waals surface area contributed by atoms with Crippen molar-refractivity contribution in [1.82, 2.24) is 24.8 Å². The Hall–Kier alpha value is -7.52. The highest BCUT2D eigenvalue weighted by molar-refractivity contribution is 6.03. The van der Waals surface area contributed by atoms with Gasteiger partial charge in [-0.1, -0.05) is 86.1 Å². The van der Waals surface area contributed by atoms with Gasteiger partial charge < -0.3 is 29.7 Å². The number of benzene rings is 2. The minimum atomic E-state index is -4.47. The third-order valence-corrected chi connectivity index (χ3v) is 11.8. The fraction of sp³-hybridized carbons (Fsp3) is 0.414. The van der Waals surface area contributed by atoms with E-state index in [1.807, 2.05) is 53.7 Å². The molecule has 0 saturated carbocycles. The average molecular weight is 1100 g/mol. The first-order valence-corrected chi connectivity index (χ1v) is 26.9. The van der Waals surface area contributed by atoms with Crippen molar-refractivity contribution in [2.75, 3.05) is 91.0 Å². The highest BCUT2D eigenvalue weighted by Gasteiger charge is 2.33. The number of carbonyl (C=O) groups excluding carboxylic acids is 2. The van der Waals surface area contributed by atoms with Gasteiger partial charge in [0, 0.05) is 61.8 Å². The first kappa shape index (κ1) is 62.3. The lowest BCUT2D eigenvalue weighted by molar-refractivity contribution is -0.138. The zero-order valence-corrected chi connectivity index (χ0v) is 46.2. The van der Waals surface area contributed by atoms with E-state index in [4.69, 9.17) is 14.2 Å². The minimum Gasteiger partial charge on any atom is -0.488 e. The van der Waals surface area contributed by atoms with Crippen LogP contribution in [-0.4, -0.2) is 103 Å². The molecule has 4 aliphatic rings. The molecule has 21 heteroatoms. The summed E-state index contributed by atoms with van der Waals surface area (Å²) in [6, 6.07) is 22.6. The number of rotatable bonds is 7. The molecule has 6 aromatic rings. The van der Waals surface area contributed by atoms with E-state index in [0.717, 1.165) is 74.8 Å². The number of hydrogen-bond acceptors (Lipinski definition) is 11. The van der Waals surface area contributed by atoms with Gasteiger partial charge in [-0.3, -0.25) is 19.7 Å². The largest absolute Gasteiger partial charge is 0.488 e. The number of urea groups is 2. The number of nitrogens with one attached hydrogen (secondary N) is 2. The molecule has 4 aromatic heterocycles. The Kier molecular flexibility index (Phi) is 24.1. The fourth-order valence-corrected chi connectivity index (χ4v) is 8.19. The molecule has 0 atom stereocenters. The zero-order chi connectivity index (χ0) is 57.5. The average Bonchev–Trinajstić information content (AvgIpc) is 4.05. The van der Waals surface area contributed by atoms with E-state index in [9.17, 15) is 35.9 Å². The molecule has 0 aliphatic carbocycles. The van der Waals surface area contributed by atoms with Gasteiger partial charge in [-0.25, -0.2) is 24.5 Å². The molecule has 10 rings (SSSR count). The van der Waals surface area contributed by atoms with Crippen molar-refractivity contribution in [2.45, 2.75) is 93.5 Å². The fourth-order valence-electron chi connectivity index (χ4n) is 8.19. The predicted molar refractivity (Wildman–Crippen MR) is 299 cm³/mol. The maximum Gasteiger partial charge on any atom is 0.416 e. The second-order valence-electron chi connectivity index (χ2n) is 17.3. The lowest BCUT2D eigenvalue weighted by Crippen LogP contribution is -2.41. The van der Waals surface area contributed by atoms with Gasteiger partial charge in [0.2, 0.25) is 0 Å². The molecule has 15 nitrogen and oxygen atoms in total. The molecule has 79 heavy (non-hydrogen) atoms. The van der Waals surface area contributed by atoms with Crippen LogP contribution in [0.3, 0.4) is 0 Å². The number of morpholine rings is 1. The third-order valence-electron chi connectivity index (χ3n) is 11.8. The summed E-state index contributed by atoms with van der Waals surface area (Å²) in [7, 11) is 0. The number of halogens is 6. The van der Waals surface area contributed by atoms with Gasteiger partial charge >= 0.3 is 24.4 Å². The van der Waals surface area contributed by atoms with Gasteiger partial charge in [0.05, 0.1) is 66.4 Å². The van der Waals surface area contributed by atoms with Gasteiger partial charge in [0.15, 0.2) is 23.1 Å². The van der Waals surface area contributed by atoms with Crippen molar-refractivity contribution in [3.63, 3.8) is 0 Å². The molecule has 4 aliphatic heterocycles. The van der Waals surface area contributed by atoms with E-state index in [-0.39, 0.29) is 37.9 Å². The number of fused-ring (bicyclic) bond motifs is 2. The van der Waals surface area contributed by atoms with Crippen molar-refractivity contribution in [3.05, 3.63) is 126 Å². The van der Waals surface area contributed by atoms with Gasteiger partial charge in [0.1, 0.15) is 19.0 Å². The van der Waals surface area contributed by atoms with Crippen LogP contribution in [0.4, 0.5) is 64.8 Å². The van der Waals surface area contributed by atoms with E-state index in [1.54, 1.807) is 60.9 Å². The molecule has 2 fully saturated rings. The standard InChI is InChI=1S/C25H24F3N5O3.C24H22F3N5O2.C3H8.3C2H6/c26-25(27,28)18-3-1-2-17(14-18)21-6-7-22-23(31-21)33(10-13-36-22)24(34)30-19-4-5-20(29-15-19)16-32-8-11-35-12-9-32;25-24(26,27)17-5-3-4-16(14-17)19-6-7-20-22(30-19)32(12-13-34-20)23(33)29-18-8-9-28-21(15-18)31-10-1-2-11-31;1-3-2;3*1-2/h1-7,14-15H,8-13,16H2,(H,30,34);3-9,14-15H,1-2,10-13H2,(H,28,29,33);3H2,1-2H3;3*1-2H3. The van der Waals surface area contributed by atoms with Crippen molar-refractivity contribution >= 4 is 40.9 Å².